The zero-order valence-corrected chi connectivity index (χ0v) is 11.1. The fraction of sp³-hybridized carbons (Fsp3) is 0.533. The summed E-state index contributed by atoms with van der Waals surface area (Å²) in [5.41, 5.74) is 1.82. The molecule has 0 bridgehead atoms. The molecule has 2 rings (SSSR count). The van der Waals surface area contributed by atoms with E-state index in [1.165, 1.54) is 18.4 Å². The molecule has 0 atom stereocenters. The average molecular weight is 244 g/mol. The third-order valence-corrected chi connectivity index (χ3v) is 3.67. The fourth-order valence-electron chi connectivity index (χ4n) is 2.42. The first-order valence-electron chi connectivity index (χ1n) is 6.52. The number of methoxy groups -OCH3 is 1. The van der Waals surface area contributed by atoms with Crippen LogP contribution in [0.25, 0.3) is 0 Å². The van der Waals surface area contributed by atoms with Gasteiger partial charge >= 0.3 is 0 Å². The number of ether oxygens (including phenoxy) is 1. The van der Waals surface area contributed by atoms with Crippen molar-refractivity contribution in [3.8, 4) is 11.8 Å². The standard InChI is InChI=1S/C15H20N2O/c1-12-5-7-17(8-6-12)11-13-3-4-15(18-2)14(9-13)10-16/h3-4,9,12H,5-8,11H2,1-2H3. The Morgan fingerprint density at radius 1 is 1.39 bits per heavy atom. The molecule has 1 saturated heterocycles. The molecule has 1 aliphatic heterocycles. The average Bonchev–Trinajstić information content (AvgIpc) is 2.41. The highest BCUT2D eigenvalue weighted by atomic mass is 16.5. The highest BCUT2D eigenvalue weighted by molar-refractivity contribution is 5.45. The third-order valence-electron chi connectivity index (χ3n) is 3.67. The summed E-state index contributed by atoms with van der Waals surface area (Å²) in [7, 11) is 1.60. The normalized spacial score (nSPS) is 17.4. The van der Waals surface area contributed by atoms with E-state index in [-0.39, 0.29) is 0 Å². The van der Waals surface area contributed by atoms with E-state index >= 15 is 0 Å². The van der Waals surface area contributed by atoms with Crippen LogP contribution in [0.2, 0.25) is 0 Å². The Morgan fingerprint density at radius 2 is 2.11 bits per heavy atom. The van der Waals surface area contributed by atoms with Crippen LogP contribution in [-0.2, 0) is 6.54 Å². The first-order valence-corrected chi connectivity index (χ1v) is 6.52. The molecule has 0 aliphatic carbocycles. The van der Waals surface area contributed by atoms with Crippen LogP contribution in [0.15, 0.2) is 18.2 Å². The van der Waals surface area contributed by atoms with E-state index in [2.05, 4.69) is 24.0 Å². The number of benzene rings is 1. The molecule has 0 amide bonds. The van der Waals surface area contributed by atoms with Crippen molar-refractivity contribution in [2.45, 2.75) is 26.3 Å². The Labute approximate surface area is 109 Å². The lowest BCUT2D eigenvalue weighted by Gasteiger charge is -2.30. The van der Waals surface area contributed by atoms with Gasteiger partial charge in [0.25, 0.3) is 0 Å². The lowest BCUT2D eigenvalue weighted by molar-refractivity contribution is 0.185. The molecule has 1 heterocycles. The Balaban J connectivity index is 2.04. The lowest BCUT2D eigenvalue weighted by Crippen LogP contribution is -2.32. The van der Waals surface area contributed by atoms with E-state index in [0.29, 0.717) is 11.3 Å². The second-order valence-electron chi connectivity index (χ2n) is 5.11. The van der Waals surface area contributed by atoms with Gasteiger partial charge in [0, 0.05) is 6.54 Å². The Hall–Kier alpha value is -1.53. The molecule has 0 saturated carbocycles. The van der Waals surface area contributed by atoms with Gasteiger partial charge in [-0.05, 0) is 49.5 Å². The highest BCUT2D eigenvalue weighted by Crippen LogP contribution is 2.22. The molecule has 3 heteroatoms. The Kier molecular flexibility index (Phi) is 4.22. The molecule has 0 aromatic heterocycles. The summed E-state index contributed by atoms with van der Waals surface area (Å²) in [5, 5.41) is 9.07. The van der Waals surface area contributed by atoms with Crippen molar-refractivity contribution in [1.82, 2.24) is 4.90 Å². The SMILES string of the molecule is COc1ccc(CN2CCC(C)CC2)cc1C#N. The summed E-state index contributed by atoms with van der Waals surface area (Å²) in [6.45, 7) is 5.58. The van der Waals surface area contributed by atoms with Gasteiger partial charge in [0.05, 0.1) is 12.7 Å². The van der Waals surface area contributed by atoms with E-state index < -0.39 is 0 Å². The topological polar surface area (TPSA) is 36.3 Å². The fourth-order valence-corrected chi connectivity index (χ4v) is 2.42. The quantitative estimate of drug-likeness (QED) is 0.820. The van der Waals surface area contributed by atoms with E-state index in [4.69, 9.17) is 10.00 Å². The number of nitrogens with zero attached hydrogens (tertiary/aromatic N) is 2. The smallest absolute Gasteiger partial charge is 0.136 e. The summed E-state index contributed by atoms with van der Waals surface area (Å²) < 4.78 is 5.16. The number of nitriles is 1. The first kappa shape index (κ1) is 12.9. The van der Waals surface area contributed by atoms with Crippen LogP contribution < -0.4 is 4.74 Å². The van der Waals surface area contributed by atoms with Crippen LogP contribution in [0.1, 0.15) is 30.9 Å². The van der Waals surface area contributed by atoms with Gasteiger partial charge in [-0.15, -0.1) is 0 Å². The monoisotopic (exact) mass is 244 g/mol. The number of rotatable bonds is 3. The molecular weight excluding hydrogens is 224 g/mol. The van der Waals surface area contributed by atoms with Gasteiger partial charge in [-0.25, -0.2) is 0 Å². The second kappa shape index (κ2) is 5.88. The van der Waals surface area contributed by atoms with Crippen LogP contribution in [-0.4, -0.2) is 25.1 Å². The molecular formula is C15H20N2O. The third kappa shape index (κ3) is 3.02. The predicted octanol–water partition coefficient (Wildman–Crippen LogP) is 2.80. The summed E-state index contributed by atoms with van der Waals surface area (Å²) >= 11 is 0. The Morgan fingerprint density at radius 3 is 2.72 bits per heavy atom. The molecule has 1 aliphatic rings. The maximum atomic E-state index is 9.07. The van der Waals surface area contributed by atoms with E-state index in [9.17, 15) is 0 Å². The summed E-state index contributed by atoms with van der Waals surface area (Å²) in [4.78, 5) is 2.46. The van der Waals surface area contributed by atoms with Gasteiger partial charge in [-0.3, -0.25) is 4.90 Å². The zero-order chi connectivity index (χ0) is 13.0. The lowest BCUT2D eigenvalue weighted by atomic mass is 9.98. The van der Waals surface area contributed by atoms with Crippen molar-refractivity contribution < 1.29 is 4.74 Å². The minimum atomic E-state index is 0.625. The molecule has 18 heavy (non-hydrogen) atoms. The van der Waals surface area contributed by atoms with Gasteiger partial charge in [-0.1, -0.05) is 13.0 Å². The molecule has 0 unspecified atom stereocenters. The molecule has 3 nitrogen and oxygen atoms in total. The van der Waals surface area contributed by atoms with E-state index in [1.54, 1.807) is 7.11 Å². The highest BCUT2D eigenvalue weighted by Gasteiger charge is 2.16. The summed E-state index contributed by atoms with van der Waals surface area (Å²) in [6.07, 6.45) is 2.56. The van der Waals surface area contributed by atoms with Crippen molar-refractivity contribution in [2.24, 2.45) is 5.92 Å². The molecule has 0 N–H and O–H groups in total. The van der Waals surface area contributed by atoms with E-state index in [0.717, 1.165) is 25.6 Å². The van der Waals surface area contributed by atoms with Crippen molar-refractivity contribution in [3.05, 3.63) is 29.3 Å². The predicted molar refractivity (Wildman–Crippen MR) is 71.4 cm³/mol. The van der Waals surface area contributed by atoms with Crippen LogP contribution in [0.4, 0.5) is 0 Å². The van der Waals surface area contributed by atoms with Gasteiger partial charge in [0.15, 0.2) is 0 Å². The van der Waals surface area contributed by atoms with Crippen LogP contribution in [0, 0.1) is 17.2 Å². The molecule has 1 fully saturated rings. The van der Waals surface area contributed by atoms with Crippen LogP contribution in [0.3, 0.4) is 0 Å². The van der Waals surface area contributed by atoms with E-state index in [1.807, 2.05) is 12.1 Å². The van der Waals surface area contributed by atoms with Crippen molar-refractivity contribution in [3.63, 3.8) is 0 Å². The molecule has 1 aromatic carbocycles. The molecule has 1 aromatic rings. The maximum Gasteiger partial charge on any atom is 0.136 e. The van der Waals surface area contributed by atoms with Gasteiger partial charge in [-0.2, -0.15) is 5.26 Å². The van der Waals surface area contributed by atoms with Gasteiger partial charge in [0.1, 0.15) is 11.8 Å². The Bertz CT molecular complexity index is 442. The van der Waals surface area contributed by atoms with Gasteiger partial charge < -0.3 is 4.74 Å². The maximum absolute atomic E-state index is 9.07. The molecule has 96 valence electrons. The van der Waals surface area contributed by atoms with Gasteiger partial charge in [0.2, 0.25) is 0 Å². The second-order valence-corrected chi connectivity index (χ2v) is 5.11. The van der Waals surface area contributed by atoms with Crippen molar-refractivity contribution in [1.29, 1.82) is 5.26 Å². The summed E-state index contributed by atoms with van der Waals surface area (Å²) in [6, 6.07) is 8.07. The van der Waals surface area contributed by atoms with Crippen molar-refractivity contribution >= 4 is 0 Å². The first-order chi connectivity index (χ1) is 8.72. The number of likely N-dealkylation sites (tertiary alicyclic amines) is 1. The number of piperidine rings is 1. The van der Waals surface area contributed by atoms with Crippen LogP contribution in [0.5, 0.6) is 5.75 Å². The summed E-state index contributed by atoms with van der Waals surface area (Å²) in [5.74, 6) is 1.51. The van der Waals surface area contributed by atoms with Crippen LogP contribution >= 0.6 is 0 Å². The largest absolute Gasteiger partial charge is 0.495 e. The molecule has 0 spiro atoms. The zero-order valence-electron chi connectivity index (χ0n) is 11.1. The minimum absolute atomic E-state index is 0.625. The number of hydrogen-bond acceptors (Lipinski definition) is 3. The minimum Gasteiger partial charge on any atom is -0.495 e. The molecule has 0 radical (unpaired) electrons. The number of hydrogen-bond donors (Lipinski definition) is 0. The van der Waals surface area contributed by atoms with Crippen molar-refractivity contribution in [2.75, 3.05) is 20.2 Å².